The van der Waals surface area contributed by atoms with E-state index in [9.17, 15) is 5.11 Å². The number of H-pyrrole nitrogens is 1. The summed E-state index contributed by atoms with van der Waals surface area (Å²) < 4.78 is 16.1. The maximum atomic E-state index is 9.79. The third kappa shape index (κ3) is 5.30. The summed E-state index contributed by atoms with van der Waals surface area (Å²) in [5.41, 5.74) is 5.83. The molecule has 4 aromatic rings. The average Bonchev–Trinajstić information content (AvgIpc) is 3.55. The van der Waals surface area contributed by atoms with Gasteiger partial charge in [0.1, 0.15) is 12.7 Å². The number of aromatic nitrogens is 7. The standard InChI is InChI=1S/C27H35N9O3/c1-6-35-15-17(2)39-27-25(18(3)32-34(27)5)22-13-20-21(30-31-23(20)14-29-22)8-7-19-24(16-35)36(10-11-37)33-26(19)38-12-9-28-4/h7-8,13-14,17,37H,4,6,9-12,15-16H2,1-3,5H3,(H,30,31)/b8-7+/t17-/m0/s1. The summed E-state index contributed by atoms with van der Waals surface area (Å²) in [6.45, 7) is 12.8. The lowest BCUT2D eigenvalue weighted by Gasteiger charge is -2.25. The molecule has 2 N–H and O–H groups in total. The fourth-order valence-electron chi connectivity index (χ4n) is 4.95. The summed E-state index contributed by atoms with van der Waals surface area (Å²) in [5.74, 6) is 1.16. The van der Waals surface area contributed by atoms with E-state index >= 15 is 0 Å². The van der Waals surface area contributed by atoms with Gasteiger partial charge < -0.3 is 14.6 Å². The topological polar surface area (TPSA) is 132 Å². The molecule has 12 heteroatoms. The highest BCUT2D eigenvalue weighted by atomic mass is 16.5. The number of aliphatic imine (C=N–C) groups is 1. The first kappa shape index (κ1) is 26.6. The molecule has 4 aromatic heterocycles. The summed E-state index contributed by atoms with van der Waals surface area (Å²) >= 11 is 0. The van der Waals surface area contributed by atoms with Crippen LogP contribution >= 0.6 is 0 Å². The number of nitrogens with one attached hydrogen (secondary N) is 1. The molecule has 2 bridgehead atoms. The predicted molar refractivity (Wildman–Crippen MR) is 150 cm³/mol. The number of pyridine rings is 1. The van der Waals surface area contributed by atoms with Crippen molar-refractivity contribution < 1.29 is 14.6 Å². The lowest BCUT2D eigenvalue weighted by molar-refractivity contribution is 0.133. The molecule has 0 spiro atoms. The summed E-state index contributed by atoms with van der Waals surface area (Å²) in [7, 11) is 1.89. The number of hydrogen-bond acceptors (Lipinski definition) is 9. The van der Waals surface area contributed by atoms with E-state index in [2.05, 4.69) is 45.8 Å². The number of likely N-dealkylation sites (N-methyl/N-ethyl adjacent to an activating group) is 1. The second-order valence-corrected chi connectivity index (χ2v) is 9.61. The first-order valence-corrected chi connectivity index (χ1v) is 13.1. The normalized spacial score (nSPS) is 16.8. The summed E-state index contributed by atoms with van der Waals surface area (Å²) in [5, 5.41) is 27.7. The predicted octanol–water partition coefficient (Wildman–Crippen LogP) is 2.71. The quantitative estimate of drug-likeness (QED) is 0.274. The number of aromatic amines is 1. The Morgan fingerprint density at radius 3 is 2.92 bits per heavy atom. The lowest BCUT2D eigenvalue weighted by Crippen LogP contribution is -2.34. The summed E-state index contributed by atoms with van der Waals surface area (Å²) in [4.78, 5) is 10.9. The monoisotopic (exact) mass is 533 g/mol. The number of rotatable bonds is 7. The third-order valence-electron chi connectivity index (χ3n) is 6.82. The van der Waals surface area contributed by atoms with Crippen LogP contribution in [0.5, 0.6) is 11.8 Å². The van der Waals surface area contributed by atoms with Gasteiger partial charge in [-0.1, -0.05) is 6.92 Å². The number of nitrogens with zero attached hydrogens (tertiary/aromatic N) is 8. The second-order valence-electron chi connectivity index (χ2n) is 9.61. The van der Waals surface area contributed by atoms with Gasteiger partial charge in [-0.15, -0.1) is 5.10 Å². The molecule has 0 saturated carbocycles. The van der Waals surface area contributed by atoms with Gasteiger partial charge in [0.05, 0.1) is 65.3 Å². The molecule has 1 aliphatic heterocycles. The van der Waals surface area contributed by atoms with Crippen molar-refractivity contribution in [3.63, 3.8) is 0 Å². The van der Waals surface area contributed by atoms with Gasteiger partial charge in [0.25, 0.3) is 0 Å². The number of fused-ring (bicyclic) bond motifs is 4. The van der Waals surface area contributed by atoms with Crippen LogP contribution in [-0.4, -0.2) is 90.4 Å². The minimum absolute atomic E-state index is 0.0421. The van der Waals surface area contributed by atoms with Gasteiger partial charge in [-0.2, -0.15) is 10.2 Å². The summed E-state index contributed by atoms with van der Waals surface area (Å²) in [6, 6.07) is 2.02. The molecule has 5 rings (SSSR count). The zero-order chi connectivity index (χ0) is 27.5. The number of hydrogen-bond donors (Lipinski definition) is 2. The van der Waals surface area contributed by atoms with Crippen LogP contribution in [0.25, 0.3) is 34.3 Å². The molecule has 1 atom stereocenters. The Morgan fingerprint density at radius 2 is 2.15 bits per heavy atom. The van der Waals surface area contributed by atoms with Crippen LogP contribution in [0.2, 0.25) is 0 Å². The van der Waals surface area contributed by atoms with Crippen molar-refractivity contribution in [3.05, 3.63) is 34.9 Å². The molecule has 0 aliphatic carbocycles. The maximum absolute atomic E-state index is 9.79. The van der Waals surface area contributed by atoms with Crippen LogP contribution in [0.3, 0.4) is 0 Å². The van der Waals surface area contributed by atoms with Gasteiger partial charge >= 0.3 is 0 Å². The zero-order valence-electron chi connectivity index (χ0n) is 22.9. The molecular weight excluding hydrogens is 498 g/mol. The van der Waals surface area contributed by atoms with E-state index in [1.165, 1.54) is 0 Å². The summed E-state index contributed by atoms with van der Waals surface area (Å²) in [6.07, 6.45) is 5.58. The van der Waals surface area contributed by atoms with Crippen molar-refractivity contribution in [1.82, 2.24) is 39.6 Å². The van der Waals surface area contributed by atoms with Crippen molar-refractivity contribution >= 4 is 29.8 Å². The third-order valence-corrected chi connectivity index (χ3v) is 6.82. The molecule has 0 radical (unpaired) electrons. The van der Waals surface area contributed by atoms with Gasteiger partial charge in [-0.25, -0.2) is 4.68 Å². The fourth-order valence-corrected chi connectivity index (χ4v) is 4.95. The Bertz CT molecular complexity index is 1500. The molecule has 0 unspecified atom stereocenters. The highest BCUT2D eigenvalue weighted by molar-refractivity contribution is 5.92. The highest BCUT2D eigenvalue weighted by Crippen LogP contribution is 2.35. The molecule has 12 nitrogen and oxygen atoms in total. The van der Waals surface area contributed by atoms with Crippen LogP contribution in [0.15, 0.2) is 17.3 Å². The molecule has 0 amide bonds. The minimum Gasteiger partial charge on any atom is -0.474 e. The van der Waals surface area contributed by atoms with E-state index in [1.54, 1.807) is 10.9 Å². The smallest absolute Gasteiger partial charge is 0.240 e. The van der Waals surface area contributed by atoms with E-state index in [-0.39, 0.29) is 12.7 Å². The van der Waals surface area contributed by atoms with E-state index < -0.39 is 0 Å². The Balaban J connectivity index is 1.69. The van der Waals surface area contributed by atoms with E-state index in [4.69, 9.17) is 19.6 Å². The van der Waals surface area contributed by atoms with Gasteiger partial charge in [-0.05, 0) is 45.3 Å². The fraction of sp³-hybridized carbons (Fsp3) is 0.444. The Hall–Kier alpha value is -4.03. The largest absolute Gasteiger partial charge is 0.474 e. The Labute approximate surface area is 227 Å². The SMILES string of the molecule is C=NCCOc1nn(CCO)c2c1/C=C/c1n[nH]c3cnc(cc13)-c1c(C)nn(C)c1O[C@@H](C)CN(CC)C2. The van der Waals surface area contributed by atoms with Crippen molar-refractivity contribution in [3.8, 4) is 23.0 Å². The molecule has 0 saturated heterocycles. The van der Waals surface area contributed by atoms with Crippen LogP contribution < -0.4 is 9.47 Å². The number of aryl methyl sites for hydroxylation is 2. The average molecular weight is 534 g/mol. The Morgan fingerprint density at radius 1 is 1.31 bits per heavy atom. The van der Waals surface area contributed by atoms with Crippen LogP contribution in [0.4, 0.5) is 0 Å². The Kier molecular flexibility index (Phi) is 7.75. The van der Waals surface area contributed by atoms with E-state index in [0.717, 1.165) is 51.4 Å². The molecular formula is C27H35N9O3. The van der Waals surface area contributed by atoms with Crippen LogP contribution in [0.1, 0.15) is 36.5 Å². The highest BCUT2D eigenvalue weighted by Gasteiger charge is 2.24. The van der Waals surface area contributed by atoms with Crippen molar-refractivity contribution in [2.45, 2.75) is 40.0 Å². The van der Waals surface area contributed by atoms with Gasteiger partial charge in [0, 0.05) is 25.5 Å². The zero-order valence-corrected chi connectivity index (χ0v) is 22.9. The van der Waals surface area contributed by atoms with Crippen molar-refractivity contribution in [1.29, 1.82) is 0 Å². The molecule has 0 aromatic carbocycles. The molecule has 1 aliphatic rings. The lowest BCUT2D eigenvalue weighted by atomic mass is 10.1. The van der Waals surface area contributed by atoms with Crippen LogP contribution in [0, 0.1) is 6.92 Å². The van der Waals surface area contributed by atoms with Gasteiger partial charge in [0.2, 0.25) is 11.8 Å². The van der Waals surface area contributed by atoms with Crippen molar-refractivity contribution in [2.75, 3.05) is 32.8 Å². The first-order chi connectivity index (χ1) is 18.9. The number of aliphatic hydroxyl groups excluding tert-OH is 1. The molecule has 5 heterocycles. The number of ether oxygens (including phenoxy) is 2. The van der Waals surface area contributed by atoms with Gasteiger partial charge in [0.15, 0.2) is 0 Å². The molecule has 39 heavy (non-hydrogen) atoms. The molecule has 206 valence electrons. The second kappa shape index (κ2) is 11.4. The number of aliphatic hydroxyl groups is 1. The van der Waals surface area contributed by atoms with Gasteiger partial charge in [-0.3, -0.25) is 24.7 Å². The van der Waals surface area contributed by atoms with Crippen LogP contribution in [-0.2, 0) is 20.1 Å². The van der Waals surface area contributed by atoms with E-state index in [1.807, 2.05) is 36.9 Å². The maximum Gasteiger partial charge on any atom is 0.240 e. The molecule has 0 fully saturated rings. The van der Waals surface area contributed by atoms with E-state index in [0.29, 0.717) is 44.5 Å². The minimum atomic E-state index is -0.139. The first-order valence-electron chi connectivity index (χ1n) is 13.1. The van der Waals surface area contributed by atoms with Crippen molar-refractivity contribution in [2.24, 2.45) is 12.0 Å².